The van der Waals surface area contributed by atoms with Gasteiger partial charge in [-0.3, -0.25) is 9.59 Å². The van der Waals surface area contributed by atoms with Crippen molar-refractivity contribution in [3.63, 3.8) is 0 Å². The van der Waals surface area contributed by atoms with E-state index in [2.05, 4.69) is 10.6 Å². The second-order valence-corrected chi connectivity index (χ2v) is 9.84. The highest BCUT2D eigenvalue weighted by Crippen LogP contribution is 2.37. The Labute approximate surface area is 195 Å². The molecule has 184 valence electrons. The third-order valence-corrected chi connectivity index (χ3v) is 6.96. The first-order valence-corrected chi connectivity index (χ1v) is 11.8. The number of carbonyl (C=O) groups is 2. The number of halogens is 3. The van der Waals surface area contributed by atoms with Crippen molar-refractivity contribution in [1.29, 1.82) is 0 Å². The van der Waals surface area contributed by atoms with Crippen LogP contribution >= 0.6 is 0 Å². The van der Waals surface area contributed by atoms with Gasteiger partial charge in [0.1, 0.15) is 0 Å². The van der Waals surface area contributed by atoms with E-state index in [1.54, 1.807) is 13.8 Å². The van der Waals surface area contributed by atoms with Gasteiger partial charge in [-0.05, 0) is 36.4 Å². The molecule has 8 nitrogen and oxygen atoms in total. The largest absolute Gasteiger partial charge is 0.418 e. The Hall–Kier alpha value is -2.96. The number of hydrogen-bond acceptors (Lipinski definition) is 5. The Morgan fingerprint density at radius 1 is 1.03 bits per heavy atom. The number of nitrogens with one attached hydrogen (secondary N) is 2. The first-order valence-electron chi connectivity index (χ1n) is 10.4. The third-order valence-electron chi connectivity index (χ3n) is 5.07. The molecule has 0 atom stereocenters. The second-order valence-electron chi connectivity index (χ2n) is 7.90. The van der Waals surface area contributed by atoms with Crippen LogP contribution in [-0.2, 0) is 25.7 Å². The number of nitrogens with zero attached hydrogens (tertiary/aromatic N) is 1. The van der Waals surface area contributed by atoms with Crippen LogP contribution in [0.1, 0.15) is 29.8 Å². The number of hydrogen-bond donors (Lipinski definition) is 2. The number of alkyl halides is 3. The molecule has 1 heterocycles. The molecule has 2 amide bonds. The van der Waals surface area contributed by atoms with Gasteiger partial charge in [0.15, 0.2) is 0 Å². The number of morpholine rings is 1. The van der Waals surface area contributed by atoms with Crippen LogP contribution in [0.25, 0.3) is 0 Å². The Morgan fingerprint density at radius 3 is 2.32 bits per heavy atom. The van der Waals surface area contributed by atoms with E-state index < -0.39 is 45.2 Å². The summed E-state index contributed by atoms with van der Waals surface area (Å²) in [5.74, 6) is -1.80. The molecule has 1 saturated heterocycles. The van der Waals surface area contributed by atoms with Gasteiger partial charge >= 0.3 is 6.18 Å². The number of rotatable bonds is 6. The van der Waals surface area contributed by atoms with Gasteiger partial charge < -0.3 is 15.4 Å². The lowest BCUT2D eigenvalue weighted by Gasteiger charge is -2.26. The average Bonchev–Trinajstić information content (AvgIpc) is 2.80. The van der Waals surface area contributed by atoms with Gasteiger partial charge in [0, 0.05) is 30.3 Å². The van der Waals surface area contributed by atoms with Crippen molar-refractivity contribution in [2.45, 2.75) is 24.9 Å². The summed E-state index contributed by atoms with van der Waals surface area (Å²) in [5.41, 5.74) is -1.87. The highest BCUT2D eigenvalue weighted by atomic mass is 32.2. The fourth-order valence-electron chi connectivity index (χ4n) is 3.18. The van der Waals surface area contributed by atoms with Gasteiger partial charge in [-0.1, -0.05) is 19.9 Å². The number of carbonyl (C=O) groups excluding carboxylic acids is 2. The Bertz CT molecular complexity index is 1180. The summed E-state index contributed by atoms with van der Waals surface area (Å²) in [6.45, 7) is 4.01. The zero-order valence-electron chi connectivity index (χ0n) is 18.5. The van der Waals surface area contributed by atoms with E-state index in [4.69, 9.17) is 4.74 Å². The summed E-state index contributed by atoms with van der Waals surface area (Å²) in [6, 6.07) is 8.08. The first kappa shape index (κ1) is 25.7. The average molecular weight is 500 g/mol. The molecular formula is C22H24F3N3O5S. The highest BCUT2D eigenvalue weighted by Gasteiger charge is 2.35. The highest BCUT2D eigenvalue weighted by molar-refractivity contribution is 7.89. The van der Waals surface area contributed by atoms with E-state index in [-0.39, 0.29) is 42.4 Å². The van der Waals surface area contributed by atoms with E-state index in [1.165, 1.54) is 28.6 Å². The van der Waals surface area contributed by atoms with Gasteiger partial charge in [-0.2, -0.15) is 17.5 Å². The Morgan fingerprint density at radius 2 is 1.71 bits per heavy atom. The molecule has 2 aromatic carbocycles. The van der Waals surface area contributed by atoms with Crippen LogP contribution in [0.5, 0.6) is 0 Å². The number of amides is 2. The molecule has 2 N–H and O–H groups in total. The zero-order valence-corrected chi connectivity index (χ0v) is 19.3. The van der Waals surface area contributed by atoms with Crippen LogP contribution in [0, 0.1) is 5.92 Å². The van der Waals surface area contributed by atoms with E-state index in [1.807, 2.05) is 0 Å². The van der Waals surface area contributed by atoms with Crippen molar-refractivity contribution in [2.75, 3.05) is 36.9 Å². The molecule has 0 bridgehead atoms. The monoisotopic (exact) mass is 499 g/mol. The lowest BCUT2D eigenvalue weighted by atomic mass is 10.1. The zero-order chi connectivity index (χ0) is 25.1. The van der Waals surface area contributed by atoms with E-state index in [0.29, 0.717) is 0 Å². The van der Waals surface area contributed by atoms with E-state index >= 15 is 0 Å². The smallest absolute Gasteiger partial charge is 0.379 e. The summed E-state index contributed by atoms with van der Waals surface area (Å²) in [7, 11) is -3.89. The fourth-order valence-corrected chi connectivity index (χ4v) is 4.63. The van der Waals surface area contributed by atoms with Crippen LogP contribution in [0.15, 0.2) is 47.4 Å². The summed E-state index contributed by atoms with van der Waals surface area (Å²) in [6.07, 6.45) is -4.82. The van der Waals surface area contributed by atoms with Gasteiger partial charge in [0.2, 0.25) is 15.9 Å². The predicted molar refractivity (Wildman–Crippen MR) is 119 cm³/mol. The third kappa shape index (κ3) is 5.93. The van der Waals surface area contributed by atoms with Crippen molar-refractivity contribution in [2.24, 2.45) is 5.92 Å². The Balaban J connectivity index is 1.86. The maximum absolute atomic E-state index is 13.6. The molecule has 2 aromatic rings. The maximum atomic E-state index is 13.6. The molecule has 1 aliphatic rings. The summed E-state index contributed by atoms with van der Waals surface area (Å²) >= 11 is 0. The molecule has 34 heavy (non-hydrogen) atoms. The molecule has 0 unspecified atom stereocenters. The predicted octanol–water partition coefficient (Wildman–Crippen LogP) is 3.57. The molecule has 0 aromatic heterocycles. The lowest BCUT2D eigenvalue weighted by molar-refractivity contribution is -0.137. The van der Waals surface area contributed by atoms with Gasteiger partial charge in [-0.15, -0.1) is 0 Å². The minimum atomic E-state index is -4.82. The number of sulfonamides is 1. The minimum absolute atomic E-state index is 0.0670. The van der Waals surface area contributed by atoms with Gasteiger partial charge in [0.25, 0.3) is 5.91 Å². The van der Waals surface area contributed by atoms with Crippen LogP contribution in [0.4, 0.5) is 24.5 Å². The first-order chi connectivity index (χ1) is 15.9. The summed E-state index contributed by atoms with van der Waals surface area (Å²) in [4.78, 5) is 24.4. The maximum Gasteiger partial charge on any atom is 0.418 e. The summed E-state index contributed by atoms with van der Waals surface area (Å²) < 4.78 is 73.0. The lowest BCUT2D eigenvalue weighted by Crippen LogP contribution is -2.40. The SMILES string of the molecule is CC(C)C(=O)Nc1ccc(NC(=O)c2cccc(S(=O)(=O)N3CCOCC3)c2)c(C(F)(F)F)c1. The fraction of sp³-hybridized carbons (Fsp3) is 0.364. The van der Waals surface area contributed by atoms with Crippen molar-refractivity contribution >= 4 is 33.2 Å². The minimum Gasteiger partial charge on any atom is -0.379 e. The molecule has 1 fully saturated rings. The van der Waals surface area contributed by atoms with Crippen LogP contribution in [-0.4, -0.2) is 50.8 Å². The van der Waals surface area contributed by atoms with Crippen molar-refractivity contribution in [3.8, 4) is 0 Å². The Kier molecular flexibility index (Phi) is 7.64. The van der Waals surface area contributed by atoms with Crippen LogP contribution in [0.3, 0.4) is 0 Å². The molecule has 0 spiro atoms. The molecule has 3 rings (SSSR count). The van der Waals surface area contributed by atoms with Crippen molar-refractivity contribution in [3.05, 3.63) is 53.6 Å². The van der Waals surface area contributed by atoms with E-state index in [9.17, 15) is 31.2 Å². The number of ether oxygens (including phenoxy) is 1. The normalized spacial score (nSPS) is 15.2. The number of anilines is 2. The quantitative estimate of drug-likeness (QED) is 0.632. The summed E-state index contributed by atoms with van der Waals surface area (Å²) in [5, 5.41) is 4.58. The van der Waals surface area contributed by atoms with Crippen LogP contribution in [0.2, 0.25) is 0 Å². The molecule has 0 radical (unpaired) electrons. The molecule has 0 saturated carbocycles. The van der Waals surface area contributed by atoms with Crippen LogP contribution < -0.4 is 10.6 Å². The molecular weight excluding hydrogens is 475 g/mol. The second kappa shape index (κ2) is 10.1. The molecule has 1 aliphatic heterocycles. The van der Waals surface area contributed by atoms with Gasteiger partial charge in [-0.25, -0.2) is 8.42 Å². The molecule has 0 aliphatic carbocycles. The standard InChI is InChI=1S/C22H24F3N3O5S/c1-14(2)20(29)26-16-6-7-19(18(13-16)22(23,24)25)27-21(30)15-4-3-5-17(12-15)34(31,32)28-8-10-33-11-9-28/h3-7,12-14H,8-11H2,1-2H3,(H,26,29)(H,27,30). The number of benzene rings is 2. The van der Waals surface area contributed by atoms with Crippen molar-refractivity contribution in [1.82, 2.24) is 4.31 Å². The molecule has 12 heteroatoms. The van der Waals surface area contributed by atoms with Gasteiger partial charge in [0.05, 0.1) is 29.4 Å². The van der Waals surface area contributed by atoms with Crippen molar-refractivity contribution < 1.29 is 35.9 Å². The van der Waals surface area contributed by atoms with E-state index in [0.717, 1.165) is 18.2 Å². The topological polar surface area (TPSA) is 105 Å².